The van der Waals surface area contributed by atoms with Crippen LogP contribution in [0.2, 0.25) is 0 Å². The summed E-state index contributed by atoms with van der Waals surface area (Å²) in [6, 6.07) is 5.38. The van der Waals surface area contributed by atoms with Gasteiger partial charge < -0.3 is 9.63 Å². The number of rotatable bonds is 2. The predicted octanol–water partition coefficient (Wildman–Crippen LogP) is 3.65. The molecule has 4 heteroatoms. The predicted molar refractivity (Wildman–Crippen MR) is 71.9 cm³/mol. The summed E-state index contributed by atoms with van der Waals surface area (Å²) in [7, 11) is 0. The first-order chi connectivity index (χ1) is 9.13. The third kappa shape index (κ3) is 2.35. The van der Waals surface area contributed by atoms with E-state index in [-0.39, 0.29) is 5.75 Å². The summed E-state index contributed by atoms with van der Waals surface area (Å²) < 4.78 is 5.31. The minimum absolute atomic E-state index is 0.181. The number of phenols is 1. The zero-order valence-electron chi connectivity index (χ0n) is 11.3. The van der Waals surface area contributed by atoms with Gasteiger partial charge in [-0.05, 0) is 44.2 Å². The fraction of sp³-hybridized carbons (Fsp3) is 0.467. The lowest BCUT2D eigenvalue weighted by molar-refractivity contribution is 0.410. The molecule has 1 heterocycles. The second kappa shape index (κ2) is 4.68. The van der Waals surface area contributed by atoms with Crippen molar-refractivity contribution in [1.29, 1.82) is 0 Å². The Balaban J connectivity index is 1.90. The zero-order valence-corrected chi connectivity index (χ0v) is 11.3. The van der Waals surface area contributed by atoms with Gasteiger partial charge in [-0.15, -0.1) is 0 Å². The minimum Gasteiger partial charge on any atom is -0.507 e. The van der Waals surface area contributed by atoms with Gasteiger partial charge in [0.05, 0.1) is 5.56 Å². The Morgan fingerprint density at radius 3 is 2.89 bits per heavy atom. The Morgan fingerprint density at radius 2 is 2.16 bits per heavy atom. The molecule has 4 nitrogen and oxygen atoms in total. The van der Waals surface area contributed by atoms with Crippen LogP contribution in [0.5, 0.6) is 5.75 Å². The van der Waals surface area contributed by atoms with E-state index in [1.807, 2.05) is 19.1 Å². The van der Waals surface area contributed by atoms with Crippen molar-refractivity contribution in [2.24, 2.45) is 5.92 Å². The molecule has 19 heavy (non-hydrogen) atoms. The average Bonchev–Trinajstić information content (AvgIpc) is 3.00. The Hall–Kier alpha value is -1.84. The van der Waals surface area contributed by atoms with Crippen LogP contribution in [0, 0.1) is 12.8 Å². The molecule has 2 atom stereocenters. The lowest BCUT2D eigenvalue weighted by Crippen LogP contribution is -1.96. The van der Waals surface area contributed by atoms with Crippen molar-refractivity contribution in [1.82, 2.24) is 10.1 Å². The first kappa shape index (κ1) is 12.2. The van der Waals surface area contributed by atoms with E-state index in [0.717, 1.165) is 30.1 Å². The summed E-state index contributed by atoms with van der Waals surface area (Å²) in [6.07, 6.45) is 3.48. The fourth-order valence-electron chi connectivity index (χ4n) is 2.77. The summed E-state index contributed by atoms with van der Waals surface area (Å²) in [5.74, 6) is 2.51. The van der Waals surface area contributed by atoms with Gasteiger partial charge in [0.15, 0.2) is 5.82 Å². The molecular formula is C15H18N2O2. The number of aromatic hydroxyl groups is 1. The Labute approximate surface area is 112 Å². The number of nitrogens with zero attached hydrogens (tertiary/aromatic N) is 2. The van der Waals surface area contributed by atoms with E-state index in [4.69, 9.17) is 4.52 Å². The van der Waals surface area contributed by atoms with Gasteiger partial charge >= 0.3 is 0 Å². The van der Waals surface area contributed by atoms with Gasteiger partial charge in [0.25, 0.3) is 5.89 Å². The molecule has 0 spiro atoms. The summed E-state index contributed by atoms with van der Waals surface area (Å²) in [6.45, 7) is 4.23. The topological polar surface area (TPSA) is 59.2 Å². The Kier molecular flexibility index (Phi) is 3.01. The molecular weight excluding hydrogens is 240 g/mol. The highest BCUT2D eigenvalue weighted by atomic mass is 16.5. The lowest BCUT2D eigenvalue weighted by atomic mass is 10.1. The molecule has 1 aliphatic carbocycles. The van der Waals surface area contributed by atoms with Gasteiger partial charge in [0, 0.05) is 5.92 Å². The first-order valence-corrected chi connectivity index (χ1v) is 6.77. The number of hydrogen-bond donors (Lipinski definition) is 1. The number of benzene rings is 1. The van der Waals surface area contributed by atoms with E-state index in [1.165, 1.54) is 6.42 Å². The van der Waals surface area contributed by atoms with Crippen LogP contribution in [0.15, 0.2) is 22.7 Å². The molecule has 1 saturated carbocycles. The molecule has 3 rings (SSSR count). The maximum atomic E-state index is 9.88. The van der Waals surface area contributed by atoms with Crippen LogP contribution in [0.4, 0.5) is 0 Å². The molecule has 1 N–H and O–H groups in total. The molecule has 1 aromatic carbocycles. The highest BCUT2D eigenvalue weighted by Crippen LogP contribution is 2.38. The fourth-order valence-corrected chi connectivity index (χ4v) is 2.77. The van der Waals surface area contributed by atoms with Crippen LogP contribution in [0.1, 0.15) is 43.5 Å². The molecule has 2 aromatic rings. The number of aryl methyl sites for hydroxylation is 1. The minimum atomic E-state index is 0.181. The monoisotopic (exact) mass is 258 g/mol. The standard InChI is InChI=1S/C15H18N2O2/c1-9-3-5-11(7-9)14-16-15(19-17-14)12-8-10(2)4-6-13(12)18/h4,6,8-9,11,18H,3,5,7H2,1-2H3. The van der Waals surface area contributed by atoms with Crippen molar-refractivity contribution in [2.75, 3.05) is 0 Å². The van der Waals surface area contributed by atoms with Gasteiger partial charge in [-0.3, -0.25) is 0 Å². The van der Waals surface area contributed by atoms with E-state index in [2.05, 4.69) is 17.1 Å². The highest BCUT2D eigenvalue weighted by Gasteiger charge is 2.27. The maximum Gasteiger partial charge on any atom is 0.261 e. The molecule has 0 amide bonds. The van der Waals surface area contributed by atoms with Crippen molar-refractivity contribution in [3.8, 4) is 17.2 Å². The van der Waals surface area contributed by atoms with Crippen LogP contribution in [0.3, 0.4) is 0 Å². The molecule has 0 radical (unpaired) electrons. The molecule has 0 bridgehead atoms. The number of aromatic nitrogens is 2. The van der Waals surface area contributed by atoms with Crippen LogP contribution >= 0.6 is 0 Å². The van der Waals surface area contributed by atoms with Crippen LogP contribution in [-0.4, -0.2) is 15.2 Å². The second-order valence-corrected chi connectivity index (χ2v) is 5.59. The number of hydrogen-bond acceptors (Lipinski definition) is 4. The van der Waals surface area contributed by atoms with Gasteiger partial charge in [0.1, 0.15) is 5.75 Å². The van der Waals surface area contributed by atoms with Gasteiger partial charge in [0.2, 0.25) is 0 Å². The summed E-state index contributed by atoms with van der Waals surface area (Å²) >= 11 is 0. The van der Waals surface area contributed by atoms with E-state index in [9.17, 15) is 5.11 Å². The first-order valence-electron chi connectivity index (χ1n) is 6.77. The number of phenolic OH excluding ortho intramolecular Hbond substituents is 1. The van der Waals surface area contributed by atoms with E-state index >= 15 is 0 Å². The Bertz CT molecular complexity index is 592. The molecule has 1 aromatic heterocycles. The normalized spacial score (nSPS) is 22.8. The van der Waals surface area contributed by atoms with Crippen molar-refractivity contribution >= 4 is 0 Å². The average molecular weight is 258 g/mol. The van der Waals surface area contributed by atoms with Gasteiger partial charge in [-0.1, -0.05) is 23.7 Å². The van der Waals surface area contributed by atoms with Gasteiger partial charge in [-0.25, -0.2) is 0 Å². The largest absolute Gasteiger partial charge is 0.507 e. The smallest absolute Gasteiger partial charge is 0.261 e. The van der Waals surface area contributed by atoms with E-state index in [1.54, 1.807) is 6.07 Å². The summed E-state index contributed by atoms with van der Waals surface area (Å²) in [5.41, 5.74) is 1.67. The molecule has 1 aliphatic rings. The lowest BCUT2D eigenvalue weighted by Gasteiger charge is -2.02. The maximum absolute atomic E-state index is 9.88. The van der Waals surface area contributed by atoms with Crippen LogP contribution in [0.25, 0.3) is 11.5 Å². The third-order valence-electron chi connectivity index (χ3n) is 3.88. The highest BCUT2D eigenvalue weighted by molar-refractivity contribution is 5.63. The quantitative estimate of drug-likeness (QED) is 0.893. The van der Waals surface area contributed by atoms with Crippen LogP contribution in [-0.2, 0) is 0 Å². The molecule has 2 unspecified atom stereocenters. The van der Waals surface area contributed by atoms with Crippen molar-refractivity contribution in [3.63, 3.8) is 0 Å². The SMILES string of the molecule is Cc1ccc(O)c(-c2nc(C3CCC(C)C3)no2)c1. The summed E-state index contributed by atoms with van der Waals surface area (Å²) in [5, 5.41) is 14.0. The van der Waals surface area contributed by atoms with Crippen molar-refractivity contribution in [2.45, 2.75) is 39.0 Å². The van der Waals surface area contributed by atoms with E-state index < -0.39 is 0 Å². The van der Waals surface area contributed by atoms with Crippen molar-refractivity contribution < 1.29 is 9.63 Å². The van der Waals surface area contributed by atoms with Crippen LogP contribution < -0.4 is 0 Å². The molecule has 1 fully saturated rings. The summed E-state index contributed by atoms with van der Waals surface area (Å²) in [4.78, 5) is 4.46. The second-order valence-electron chi connectivity index (χ2n) is 5.59. The molecule has 0 aliphatic heterocycles. The van der Waals surface area contributed by atoms with Crippen molar-refractivity contribution in [3.05, 3.63) is 29.6 Å². The zero-order chi connectivity index (χ0) is 13.4. The third-order valence-corrected chi connectivity index (χ3v) is 3.88. The molecule has 0 saturated heterocycles. The van der Waals surface area contributed by atoms with Gasteiger partial charge in [-0.2, -0.15) is 4.98 Å². The molecule has 100 valence electrons. The van der Waals surface area contributed by atoms with E-state index in [0.29, 0.717) is 17.4 Å². The Morgan fingerprint density at radius 1 is 1.32 bits per heavy atom.